The van der Waals surface area contributed by atoms with Crippen LogP contribution in [0.25, 0.3) is 0 Å². The van der Waals surface area contributed by atoms with Crippen LogP contribution in [0.3, 0.4) is 0 Å². The van der Waals surface area contributed by atoms with Gasteiger partial charge in [-0.25, -0.2) is 0 Å². The third-order valence-corrected chi connectivity index (χ3v) is 3.72. The average molecular weight is 291 g/mol. The fraction of sp³-hybridized carbons (Fsp3) is 0.611. The Morgan fingerprint density at radius 2 is 1.81 bits per heavy atom. The summed E-state index contributed by atoms with van der Waals surface area (Å²) in [6.45, 7) is 5.06. The van der Waals surface area contributed by atoms with Crippen molar-refractivity contribution in [2.24, 2.45) is 0 Å². The second-order valence-electron chi connectivity index (χ2n) is 6.46. The van der Waals surface area contributed by atoms with Crippen LogP contribution in [0.15, 0.2) is 30.3 Å². The van der Waals surface area contributed by atoms with E-state index in [0.717, 1.165) is 43.4 Å². The van der Waals surface area contributed by atoms with Crippen molar-refractivity contribution in [3.8, 4) is 0 Å². The van der Waals surface area contributed by atoms with E-state index in [9.17, 15) is 4.79 Å². The molecule has 0 fully saturated rings. The molecule has 21 heavy (non-hydrogen) atoms. The smallest absolute Gasteiger partial charge is 0.219 e. The minimum absolute atomic E-state index is 0.205. The summed E-state index contributed by atoms with van der Waals surface area (Å²) in [6, 6.07) is 10.6. The Balaban J connectivity index is 2.17. The van der Waals surface area contributed by atoms with Crippen molar-refractivity contribution < 1.29 is 9.28 Å². The molecule has 0 aromatic heterocycles. The summed E-state index contributed by atoms with van der Waals surface area (Å²) in [6.07, 6.45) is 5.03. The molecule has 1 rings (SSSR count). The average Bonchev–Trinajstić information content (AvgIpc) is 2.44. The standard InChI is InChI=1S/C18H30N2O/c1-4-5-7-13-18(21)19-14-10-15-20(2,3)16-17-11-8-6-9-12-17/h6,8-9,11-12H,4-5,7,10,13-16H2,1-3H3/p+1. The van der Waals surface area contributed by atoms with Crippen LogP contribution in [0.4, 0.5) is 0 Å². The van der Waals surface area contributed by atoms with Gasteiger partial charge in [0.15, 0.2) is 0 Å². The monoisotopic (exact) mass is 291 g/mol. The van der Waals surface area contributed by atoms with Gasteiger partial charge in [-0.1, -0.05) is 50.1 Å². The van der Waals surface area contributed by atoms with Crippen molar-refractivity contribution >= 4 is 5.91 Å². The molecule has 1 aromatic carbocycles. The molecule has 0 aliphatic carbocycles. The van der Waals surface area contributed by atoms with Gasteiger partial charge in [0, 0.05) is 24.9 Å². The highest BCUT2D eigenvalue weighted by Gasteiger charge is 2.15. The molecule has 0 aliphatic heterocycles. The normalized spacial score (nSPS) is 11.4. The van der Waals surface area contributed by atoms with E-state index < -0.39 is 0 Å². The number of unbranched alkanes of at least 4 members (excludes halogenated alkanes) is 2. The van der Waals surface area contributed by atoms with Crippen molar-refractivity contribution in [2.45, 2.75) is 45.6 Å². The van der Waals surface area contributed by atoms with Crippen LogP contribution in [-0.4, -0.2) is 37.6 Å². The van der Waals surface area contributed by atoms with Gasteiger partial charge in [-0.2, -0.15) is 0 Å². The van der Waals surface area contributed by atoms with Gasteiger partial charge < -0.3 is 9.80 Å². The SMILES string of the molecule is CCCCCC(=O)NCCC[N+](C)(C)Cc1ccccc1. The molecule has 1 amide bonds. The van der Waals surface area contributed by atoms with E-state index >= 15 is 0 Å². The lowest BCUT2D eigenvalue weighted by Gasteiger charge is -2.30. The summed E-state index contributed by atoms with van der Waals surface area (Å²) in [4.78, 5) is 11.6. The number of nitrogens with one attached hydrogen (secondary N) is 1. The summed E-state index contributed by atoms with van der Waals surface area (Å²) in [5.41, 5.74) is 1.37. The summed E-state index contributed by atoms with van der Waals surface area (Å²) in [5.74, 6) is 0.205. The predicted octanol–water partition coefficient (Wildman–Crippen LogP) is 3.35. The third kappa shape index (κ3) is 8.51. The molecule has 0 heterocycles. The van der Waals surface area contributed by atoms with E-state index in [2.05, 4.69) is 56.7 Å². The molecular weight excluding hydrogens is 260 g/mol. The van der Waals surface area contributed by atoms with Crippen LogP contribution in [0, 0.1) is 0 Å². The number of benzene rings is 1. The highest BCUT2D eigenvalue weighted by molar-refractivity contribution is 5.75. The molecule has 0 radical (unpaired) electrons. The van der Waals surface area contributed by atoms with E-state index in [1.165, 1.54) is 12.0 Å². The van der Waals surface area contributed by atoms with E-state index in [1.54, 1.807) is 0 Å². The Morgan fingerprint density at radius 1 is 1.10 bits per heavy atom. The van der Waals surface area contributed by atoms with Crippen LogP contribution in [0.5, 0.6) is 0 Å². The number of carbonyl (C=O) groups is 1. The van der Waals surface area contributed by atoms with E-state index in [0.29, 0.717) is 6.42 Å². The number of hydrogen-bond donors (Lipinski definition) is 1. The zero-order chi connectivity index (χ0) is 15.6. The number of carbonyl (C=O) groups excluding carboxylic acids is 1. The van der Waals surface area contributed by atoms with Crippen LogP contribution in [0.2, 0.25) is 0 Å². The molecule has 0 bridgehead atoms. The first kappa shape index (κ1) is 17.7. The maximum absolute atomic E-state index is 11.6. The summed E-state index contributed by atoms with van der Waals surface area (Å²) in [5, 5.41) is 3.03. The van der Waals surface area contributed by atoms with E-state index in [4.69, 9.17) is 0 Å². The van der Waals surface area contributed by atoms with Gasteiger partial charge in [0.25, 0.3) is 0 Å². The molecule has 0 saturated carbocycles. The molecular formula is C18H31N2O+. The minimum atomic E-state index is 0.205. The Bertz CT molecular complexity index is 401. The minimum Gasteiger partial charge on any atom is -0.356 e. The molecule has 0 atom stereocenters. The first-order valence-corrected chi connectivity index (χ1v) is 8.16. The second kappa shape index (κ2) is 9.56. The van der Waals surface area contributed by atoms with Crippen molar-refractivity contribution in [1.82, 2.24) is 5.32 Å². The topological polar surface area (TPSA) is 29.1 Å². The number of nitrogens with zero attached hydrogens (tertiary/aromatic N) is 1. The van der Waals surface area contributed by atoms with Gasteiger partial charge in [0.2, 0.25) is 5.91 Å². The Labute approximate surface area is 129 Å². The van der Waals surface area contributed by atoms with Gasteiger partial charge >= 0.3 is 0 Å². The highest BCUT2D eigenvalue weighted by atomic mass is 16.1. The molecule has 0 aliphatic rings. The highest BCUT2D eigenvalue weighted by Crippen LogP contribution is 2.09. The molecule has 0 unspecified atom stereocenters. The third-order valence-electron chi connectivity index (χ3n) is 3.72. The van der Waals surface area contributed by atoms with Gasteiger partial charge in [0.05, 0.1) is 20.6 Å². The molecule has 3 nitrogen and oxygen atoms in total. The number of amides is 1. The largest absolute Gasteiger partial charge is 0.356 e. The van der Waals surface area contributed by atoms with E-state index in [-0.39, 0.29) is 5.91 Å². The number of quaternary nitrogens is 1. The Morgan fingerprint density at radius 3 is 2.48 bits per heavy atom. The quantitative estimate of drug-likeness (QED) is 0.520. The zero-order valence-electron chi connectivity index (χ0n) is 13.9. The molecule has 0 spiro atoms. The van der Waals surface area contributed by atoms with Crippen molar-refractivity contribution in [3.05, 3.63) is 35.9 Å². The van der Waals surface area contributed by atoms with Crippen molar-refractivity contribution in [3.63, 3.8) is 0 Å². The van der Waals surface area contributed by atoms with Gasteiger partial charge in [-0.05, 0) is 6.42 Å². The molecule has 1 N–H and O–H groups in total. The maximum Gasteiger partial charge on any atom is 0.219 e. The fourth-order valence-electron chi connectivity index (χ4n) is 2.52. The van der Waals surface area contributed by atoms with Gasteiger partial charge in [-0.15, -0.1) is 0 Å². The van der Waals surface area contributed by atoms with Gasteiger partial charge in [0.1, 0.15) is 6.54 Å². The molecule has 118 valence electrons. The molecule has 3 heteroatoms. The lowest BCUT2D eigenvalue weighted by molar-refractivity contribution is -0.903. The lowest BCUT2D eigenvalue weighted by Crippen LogP contribution is -2.41. The number of hydrogen-bond acceptors (Lipinski definition) is 1. The predicted molar refractivity (Wildman–Crippen MR) is 88.9 cm³/mol. The molecule has 0 saturated heterocycles. The first-order chi connectivity index (χ1) is 10.0. The first-order valence-electron chi connectivity index (χ1n) is 8.16. The number of rotatable bonds is 10. The fourth-order valence-corrected chi connectivity index (χ4v) is 2.52. The van der Waals surface area contributed by atoms with Crippen LogP contribution < -0.4 is 5.32 Å². The van der Waals surface area contributed by atoms with Crippen LogP contribution in [0.1, 0.15) is 44.6 Å². The van der Waals surface area contributed by atoms with Crippen molar-refractivity contribution in [2.75, 3.05) is 27.2 Å². The van der Waals surface area contributed by atoms with Crippen LogP contribution >= 0.6 is 0 Å². The van der Waals surface area contributed by atoms with Crippen molar-refractivity contribution in [1.29, 1.82) is 0 Å². The lowest BCUT2D eigenvalue weighted by atomic mass is 10.2. The second-order valence-corrected chi connectivity index (χ2v) is 6.46. The summed E-state index contributed by atoms with van der Waals surface area (Å²) < 4.78 is 0.954. The Hall–Kier alpha value is -1.35. The van der Waals surface area contributed by atoms with Gasteiger partial charge in [-0.3, -0.25) is 4.79 Å². The summed E-state index contributed by atoms with van der Waals surface area (Å²) >= 11 is 0. The summed E-state index contributed by atoms with van der Waals surface area (Å²) in [7, 11) is 4.49. The zero-order valence-corrected chi connectivity index (χ0v) is 13.9. The Kier molecular flexibility index (Phi) is 8.06. The molecule has 1 aromatic rings. The van der Waals surface area contributed by atoms with E-state index in [1.807, 2.05) is 0 Å². The van der Waals surface area contributed by atoms with Crippen LogP contribution in [-0.2, 0) is 11.3 Å². The maximum atomic E-state index is 11.6.